The maximum Gasteiger partial charge on any atom is 0.338 e. The van der Waals surface area contributed by atoms with Gasteiger partial charge in [0.05, 0.1) is 11.5 Å². The largest absolute Gasteiger partial charge is 0.545 e. The number of alkyl halides is 1. The van der Waals surface area contributed by atoms with E-state index in [1.165, 1.54) is 37.3 Å². The molecule has 9 nitrogen and oxygen atoms in total. The van der Waals surface area contributed by atoms with Gasteiger partial charge >= 0.3 is 11.7 Å². The molecular weight excluding hydrogens is 447 g/mol. The Morgan fingerprint density at radius 3 is 2.47 bits per heavy atom. The first-order chi connectivity index (χ1) is 16.1. The fourth-order valence-corrected chi connectivity index (χ4v) is 4.08. The number of carbonyl (C=O) groups excluding carboxylic acids is 2. The van der Waals surface area contributed by atoms with Crippen molar-refractivity contribution in [2.45, 2.75) is 38.0 Å². The van der Waals surface area contributed by atoms with Crippen LogP contribution in [0.25, 0.3) is 0 Å². The van der Waals surface area contributed by atoms with Gasteiger partial charge in [-0.05, 0) is 37.1 Å². The molecule has 1 aromatic heterocycles. The minimum atomic E-state index is -2.46. The van der Waals surface area contributed by atoms with Crippen LogP contribution >= 0.6 is 0 Å². The van der Waals surface area contributed by atoms with Gasteiger partial charge in [0.15, 0.2) is 18.0 Å². The van der Waals surface area contributed by atoms with Crippen molar-refractivity contribution in [3.63, 3.8) is 0 Å². The van der Waals surface area contributed by atoms with E-state index in [-0.39, 0.29) is 22.3 Å². The van der Waals surface area contributed by atoms with Crippen molar-refractivity contribution in [3.8, 4) is 0 Å². The molecule has 0 saturated carbocycles. The van der Waals surface area contributed by atoms with Crippen LogP contribution in [0.1, 0.15) is 51.1 Å². The molecule has 176 valence electrons. The summed E-state index contributed by atoms with van der Waals surface area (Å²) in [6.45, 7) is 2.60. The third kappa shape index (κ3) is 4.03. The Hall–Kier alpha value is -4.05. The van der Waals surface area contributed by atoms with Gasteiger partial charge in [0.1, 0.15) is 6.10 Å². The van der Waals surface area contributed by atoms with Gasteiger partial charge in [0.25, 0.3) is 5.56 Å². The molecule has 0 spiro atoms. The van der Waals surface area contributed by atoms with Gasteiger partial charge in [-0.15, -0.1) is 0 Å². The van der Waals surface area contributed by atoms with Gasteiger partial charge in [-0.1, -0.05) is 36.4 Å². The number of esters is 1. The number of hydrogen-bond acceptors (Lipinski definition) is 7. The molecule has 4 rings (SSSR count). The van der Waals surface area contributed by atoms with E-state index >= 15 is 4.39 Å². The predicted molar refractivity (Wildman–Crippen MR) is 115 cm³/mol. The van der Waals surface area contributed by atoms with Crippen LogP contribution in [0.5, 0.6) is 0 Å². The van der Waals surface area contributed by atoms with Gasteiger partial charge in [-0.25, -0.2) is 14.0 Å². The normalized spacial score (nSPS) is 24.0. The Bertz CT molecular complexity index is 1360. The number of rotatable bonds is 5. The van der Waals surface area contributed by atoms with Crippen LogP contribution in [0.2, 0.25) is 0 Å². The number of carbonyl (C=O) groups is 2. The van der Waals surface area contributed by atoms with Crippen LogP contribution in [0.3, 0.4) is 0 Å². The Kier molecular flexibility index (Phi) is 5.92. The van der Waals surface area contributed by atoms with E-state index in [0.717, 1.165) is 23.8 Å². The number of nitrogens with zero attached hydrogens (tertiary/aromatic N) is 1. The predicted octanol–water partition coefficient (Wildman–Crippen LogP) is 1.43. The summed E-state index contributed by atoms with van der Waals surface area (Å²) in [5, 5.41) is 11.5. The van der Waals surface area contributed by atoms with E-state index in [0.29, 0.717) is 0 Å². The van der Waals surface area contributed by atoms with Crippen molar-refractivity contribution in [2.24, 2.45) is 0 Å². The summed E-state index contributed by atoms with van der Waals surface area (Å²) in [6.07, 6.45) is -3.36. The lowest BCUT2D eigenvalue weighted by molar-refractivity contribution is -0.255. The molecular formula is C24H20FN2O7-. The molecule has 1 fully saturated rings. The fraction of sp³-hybridized carbons (Fsp3) is 0.250. The first-order valence-electron chi connectivity index (χ1n) is 10.3. The maximum atomic E-state index is 16.3. The number of carboxylic acids is 1. The standard InChI is InChI=1S/C24H21FN2O7/c1-13-15(9-6-10-16(13)20(29)30)18-19(34-21(31)14-7-4-3-5-8-14)24(2,25)22(33-18)27-12-11-17(28)26-23(27)32/h3-12,18-19,22H,1-2H3,(H,29,30)(H,26,28,32)/p-1/t18-,19-,22-,24-/m1/s1. The summed E-state index contributed by atoms with van der Waals surface area (Å²) >= 11 is 0. The van der Waals surface area contributed by atoms with Crippen LogP contribution in [0, 0.1) is 6.92 Å². The number of benzene rings is 2. The van der Waals surface area contributed by atoms with Gasteiger partial charge in [0, 0.05) is 17.8 Å². The fourth-order valence-electron chi connectivity index (χ4n) is 4.08. The molecule has 2 heterocycles. The average Bonchev–Trinajstić information content (AvgIpc) is 3.04. The van der Waals surface area contributed by atoms with Crippen LogP contribution in [0.15, 0.2) is 70.4 Å². The third-order valence-corrected chi connectivity index (χ3v) is 5.84. The van der Waals surface area contributed by atoms with Crippen LogP contribution < -0.4 is 16.4 Å². The highest BCUT2D eigenvalue weighted by Gasteiger charge is 2.59. The van der Waals surface area contributed by atoms with Crippen molar-refractivity contribution in [2.75, 3.05) is 0 Å². The monoisotopic (exact) mass is 467 g/mol. The average molecular weight is 467 g/mol. The molecule has 1 N–H and O–H groups in total. The number of hydrogen-bond donors (Lipinski definition) is 1. The molecule has 0 bridgehead atoms. The lowest BCUT2D eigenvalue weighted by Crippen LogP contribution is -2.44. The number of H-pyrrole nitrogens is 1. The van der Waals surface area contributed by atoms with Crippen molar-refractivity contribution >= 4 is 11.9 Å². The lowest BCUT2D eigenvalue weighted by atomic mass is 9.90. The molecule has 1 aliphatic rings. The highest BCUT2D eigenvalue weighted by molar-refractivity contribution is 5.89. The number of halogens is 1. The molecule has 3 aromatic rings. The smallest absolute Gasteiger partial charge is 0.338 e. The number of aromatic carboxylic acids is 1. The highest BCUT2D eigenvalue weighted by atomic mass is 19.1. The maximum absolute atomic E-state index is 16.3. The van der Waals surface area contributed by atoms with Gasteiger partial charge in [0.2, 0.25) is 0 Å². The molecule has 4 atom stereocenters. The van der Waals surface area contributed by atoms with Crippen molar-refractivity contribution in [1.82, 2.24) is 9.55 Å². The Morgan fingerprint density at radius 1 is 1.12 bits per heavy atom. The molecule has 0 aliphatic carbocycles. The van der Waals surface area contributed by atoms with Crippen LogP contribution in [-0.4, -0.2) is 33.3 Å². The molecule has 0 unspecified atom stereocenters. The second kappa shape index (κ2) is 8.71. The second-order valence-corrected chi connectivity index (χ2v) is 8.08. The van der Waals surface area contributed by atoms with E-state index in [2.05, 4.69) is 0 Å². The SMILES string of the molecule is Cc1c(C(=O)[O-])cccc1[C@H]1O[C@@H](n2ccc(=O)[nH]c2=O)[C@](C)(F)[C@@H]1OC(=O)c1ccccc1. The Morgan fingerprint density at radius 2 is 1.82 bits per heavy atom. The minimum absolute atomic E-state index is 0.139. The van der Waals surface area contributed by atoms with E-state index in [1.807, 2.05) is 4.98 Å². The Labute approximate surface area is 192 Å². The van der Waals surface area contributed by atoms with Crippen LogP contribution in [-0.2, 0) is 9.47 Å². The number of ether oxygens (including phenoxy) is 2. The number of aromatic amines is 1. The molecule has 1 saturated heterocycles. The summed E-state index contributed by atoms with van der Waals surface area (Å²) in [4.78, 5) is 50.3. The summed E-state index contributed by atoms with van der Waals surface area (Å²) in [5.74, 6) is -2.27. The quantitative estimate of drug-likeness (QED) is 0.562. The topological polar surface area (TPSA) is 131 Å². The van der Waals surface area contributed by atoms with Crippen molar-refractivity contribution < 1.29 is 28.6 Å². The van der Waals surface area contributed by atoms with Crippen LogP contribution in [0.4, 0.5) is 4.39 Å². The first-order valence-corrected chi connectivity index (χ1v) is 10.3. The van der Waals surface area contributed by atoms with E-state index in [9.17, 15) is 24.3 Å². The van der Waals surface area contributed by atoms with E-state index in [4.69, 9.17) is 9.47 Å². The summed E-state index contributed by atoms with van der Waals surface area (Å²) in [7, 11) is 0. The van der Waals surface area contributed by atoms with Crippen molar-refractivity contribution in [1.29, 1.82) is 0 Å². The Balaban J connectivity index is 1.83. The zero-order valence-corrected chi connectivity index (χ0v) is 18.2. The first kappa shape index (κ1) is 23.1. The summed E-state index contributed by atoms with van der Waals surface area (Å²) in [6, 6.07) is 13.2. The second-order valence-electron chi connectivity index (χ2n) is 8.08. The third-order valence-electron chi connectivity index (χ3n) is 5.84. The van der Waals surface area contributed by atoms with E-state index in [1.54, 1.807) is 18.2 Å². The molecule has 2 aromatic carbocycles. The number of nitrogens with one attached hydrogen (secondary N) is 1. The number of aromatic nitrogens is 2. The van der Waals surface area contributed by atoms with E-state index < -0.39 is 47.3 Å². The summed E-state index contributed by atoms with van der Waals surface area (Å²) in [5.41, 5.74) is -3.55. The zero-order valence-electron chi connectivity index (χ0n) is 18.2. The lowest BCUT2D eigenvalue weighted by Gasteiger charge is -2.28. The zero-order chi connectivity index (χ0) is 24.6. The van der Waals surface area contributed by atoms with Gasteiger partial charge in [-0.2, -0.15) is 0 Å². The van der Waals surface area contributed by atoms with Gasteiger partial charge in [-0.3, -0.25) is 14.3 Å². The minimum Gasteiger partial charge on any atom is -0.545 e. The molecule has 34 heavy (non-hydrogen) atoms. The summed E-state index contributed by atoms with van der Waals surface area (Å²) < 4.78 is 28.6. The van der Waals surface area contributed by atoms with Gasteiger partial charge < -0.3 is 19.4 Å². The molecule has 1 aliphatic heterocycles. The molecule has 0 radical (unpaired) electrons. The highest BCUT2D eigenvalue weighted by Crippen LogP contribution is 2.49. The molecule has 0 amide bonds. The molecule has 10 heteroatoms. The van der Waals surface area contributed by atoms with Crippen molar-refractivity contribution in [3.05, 3.63) is 104 Å². The number of carboxylic acid groups (broad SMARTS) is 1.